The second-order valence-electron chi connectivity index (χ2n) is 9.59. The van der Waals surface area contributed by atoms with Crippen LogP contribution in [0.5, 0.6) is 5.75 Å². The first kappa shape index (κ1) is 23.1. The number of benzene rings is 2. The van der Waals surface area contributed by atoms with Crippen LogP contribution in [0.2, 0.25) is 0 Å². The molecule has 0 unspecified atom stereocenters. The van der Waals surface area contributed by atoms with E-state index in [1.807, 2.05) is 56.3 Å². The summed E-state index contributed by atoms with van der Waals surface area (Å²) in [5, 5.41) is 6.35. The molecule has 1 aliphatic heterocycles. The number of rotatable bonds is 5. The monoisotopic (exact) mass is 470 g/mol. The Labute approximate surface area is 205 Å². The SMILES string of the molecule is Cc1ccc(NC(=O)COc2ccccc2C2C3=C(CCCC3=O)NC3=C2C(=O)CCC3)c(C)c1. The Kier molecular flexibility index (Phi) is 6.29. The van der Waals surface area contributed by atoms with Gasteiger partial charge in [-0.15, -0.1) is 0 Å². The molecule has 1 amide bonds. The number of allylic oxidation sites excluding steroid dienone is 4. The molecular formula is C29H30N2O4. The van der Waals surface area contributed by atoms with Gasteiger partial charge in [0.1, 0.15) is 5.75 Å². The molecule has 3 aliphatic rings. The number of Topliss-reactive ketones (excluding diaryl/α,β-unsaturated/α-hetero) is 2. The molecular weight excluding hydrogens is 440 g/mol. The van der Waals surface area contributed by atoms with Crippen LogP contribution in [0.25, 0.3) is 0 Å². The topological polar surface area (TPSA) is 84.5 Å². The summed E-state index contributed by atoms with van der Waals surface area (Å²) in [5.41, 5.74) is 6.86. The van der Waals surface area contributed by atoms with Crippen molar-refractivity contribution in [2.24, 2.45) is 0 Å². The van der Waals surface area contributed by atoms with E-state index in [4.69, 9.17) is 4.74 Å². The molecule has 2 aromatic carbocycles. The minimum absolute atomic E-state index is 0.0797. The van der Waals surface area contributed by atoms with Crippen LogP contribution >= 0.6 is 0 Å². The lowest BCUT2D eigenvalue weighted by molar-refractivity contribution is -0.119. The van der Waals surface area contributed by atoms with Gasteiger partial charge < -0.3 is 15.4 Å². The maximum atomic E-state index is 13.1. The van der Waals surface area contributed by atoms with E-state index in [1.165, 1.54) is 0 Å². The summed E-state index contributed by atoms with van der Waals surface area (Å²) in [6, 6.07) is 13.3. The molecule has 0 atom stereocenters. The predicted molar refractivity (Wildman–Crippen MR) is 134 cm³/mol. The predicted octanol–water partition coefficient (Wildman–Crippen LogP) is 5.02. The zero-order valence-corrected chi connectivity index (χ0v) is 20.2. The Morgan fingerprint density at radius 2 is 1.60 bits per heavy atom. The summed E-state index contributed by atoms with van der Waals surface area (Å²) >= 11 is 0. The number of amides is 1. The molecule has 0 spiro atoms. The lowest BCUT2D eigenvalue weighted by Crippen LogP contribution is -2.36. The van der Waals surface area contributed by atoms with E-state index in [0.717, 1.165) is 59.5 Å². The third-order valence-electron chi connectivity index (χ3n) is 7.04. The third-order valence-corrected chi connectivity index (χ3v) is 7.04. The van der Waals surface area contributed by atoms with Crippen LogP contribution in [0, 0.1) is 13.8 Å². The van der Waals surface area contributed by atoms with E-state index in [0.29, 0.717) is 29.7 Å². The highest BCUT2D eigenvalue weighted by atomic mass is 16.5. The van der Waals surface area contributed by atoms with Crippen molar-refractivity contribution >= 4 is 23.2 Å². The minimum Gasteiger partial charge on any atom is -0.483 e. The number of nitrogens with one attached hydrogen (secondary N) is 2. The number of para-hydroxylation sites is 1. The molecule has 2 N–H and O–H groups in total. The van der Waals surface area contributed by atoms with Gasteiger partial charge in [0.25, 0.3) is 5.91 Å². The van der Waals surface area contributed by atoms with Gasteiger partial charge in [0, 0.05) is 52.6 Å². The molecule has 5 rings (SSSR count). The van der Waals surface area contributed by atoms with Crippen LogP contribution in [0.1, 0.15) is 61.1 Å². The molecule has 0 bridgehead atoms. The number of hydrogen-bond acceptors (Lipinski definition) is 5. The smallest absolute Gasteiger partial charge is 0.262 e. The fourth-order valence-corrected chi connectivity index (χ4v) is 5.43. The van der Waals surface area contributed by atoms with Gasteiger partial charge in [0.05, 0.1) is 0 Å². The average Bonchev–Trinajstić information content (AvgIpc) is 2.84. The van der Waals surface area contributed by atoms with Gasteiger partial charge in [-0.25, -0.2) is 0 Å². The number of aryl methyl sites for hydroxylation is 2. The fraction of sp³-hybridized carbons (Fsp3) is 0.345. The molecule has 0 saturated carbocycles. The highest BCUT2D eigenvalue weighted by Crippen LogP contribution is 2.47. The van der Waals surface area contributed by atoms with Crippen LogP contribution in [0.15, 0.2) is 65.0 Å². The maximum absolute atomic E-state index is 13.1. The van der Waals surface area contributed by atoms with E-state index in [-0.39, 0.29) is 24.1 Å². The number of ether oxygens (including phenoxy) is 1. The lowest BCUT2D eigenvalue weighted by Gasteiger charge is -2.37. The minimum atomic E-state index is -0.458. The Hall–Kier alpha value is -3.67. The van der Waals surface area contributed by atoms with Crippen LogP contribution in [-0.4, -0.2) is 24.1 Å². The number of ketones is 2. The molecule has 6 heteroatoms. The normalized spacial score (nSPS) is 18.1. The average molecular weight is 471 g/mol. The van der Waals surface area contributed by atoms with Crippen molar-refractivity contribution in [3.8, 4) is 5.75 Å². The van der Waals surface area contributed by atoms with Crippen molar-refractivity contribution in [2.75, 3.05) is 11.9 Å². The Morgan fingerprint density at radius 1 is 0.943 bits per heavy atom. The highest BCUT2D eigenvalue weighted by Gasteiger charge is 2.41. The van der Waals surface area contributed by atoms with Crippen molar-refractivity contribution < 1.29 is 19.1 Å². The van der Waals surface area contributed by atoms with E-state index >= 15 is 0 Å². The summed E-state index contributed by atoms with van der Waals surface area (Å²) < 4.78 is 6.02. The highest BCUT2D eigenvalue weighted by molar-refractivity contribution is 6.06. The standard InChI is InChI=1S/C29H30N2O4/c1-17-13-14-20(18(2)15-17)31-26(34)16-35-25-12-4-3-7-19(25)27-28-21(8-5-10-23(28)32)30-22-9-6-11-24(33)29(22)27/h3-4,7,12-15,27,30H,5-6,8-11,16H2,1-2H3,(H,31,34). The van der Waals surface area contributed by atoms with Crippen LogP contribution in [0.3, 0.4) is 0 Å². The Morgan fingerprint density at radius 3 is 2.26 bits per heavy atom. The largest absolute Gasteiger partial charge is 0.483 e. The molecule has 0 radical (unpaired) electrons. The molecule has 2 aliphatic carbocycles. The van der Waals surface area contributed by atoms with Crippen molar-refractivity contribution in [3.05, 3.63) is 81.7 Å². The number of anilines is 1. The molecule has 1 heterocycles. The number of hydrogen-bond donors (Lipinski definition) is 2. The van der Waals surface area contributed by atoms with Gasteiger partial charge in [0.2, 0.25) is 0 Å². The molecule has 0 fully saturated rings. The third kappa shape index (κ3) is 4.53. The second kappa shape index (κ2) is 9.53. The van der Waals surface area contributed by atoms with Gasteiger partial charge in [-0.05, 0) is 57.2 Å². The first-order valence-electron chi connectivity index (χ1n) is 12.3. The summed E-state index contributed by atoms with van der Waals surface area (Å²) in [6.45, 7) is 3.79. The van der Waals surface area contributed by atoms with Gasteiger partial charge in [-0.2, -0.15) is 0 Å². The quantitative estimate of drug-likeness (QED) is 0.641. The zero-order valence-electron chi connectivity index (χ0n) is 20.2. The fourth-order valence-electron chi connectivity index (χ4n) is 5.43. The van der Waals surface area contributed by atoms with Crippen molar-refractivity contribution in [1.29, 1.82) is 0 Å². The van der Waals surface area contributed by atoms with Gasteiger partial charge >= 0.3 is 0 Å². The van der Waals surface area contributed by atoms with Crippen molar-refractivity contribution in [3.63, 3.8) is 0 Å². The second-order valence-corrected chi connectivity index (χ2v) is 9.59. The number of carbonyl (C=O) groups is 3. The van der Waals surface area contributed by atoms with E-state index in [2.05, 4.69) is 10.6 Å². The van der Waals surface area contributed by atoms with Gasteiger partial charge in [0.15, 0.2) is 18.2 Å². The Bertz CT molecular complexity index is 1250. The van der Waals surface area contributed by atoms with E-state index in [1.54, 1.807) is 0 Å². The number of carbonyl (C=O) groups excluding carboxylic acids is 3. The molecule has 2 aromatic rings. The number of dihydropyridines is 1. The first-order chi connectivity index (χ1) is 16.9. The van der Waals surface area contributed by atoms with Gasteiger partial charge in [-0.3, -0.25) is 14.4 Å². The van der Waals surface area contributed by atoms with Crippen LogP contribution in [0.4, 0.5) is 5.69 Å². The lowest BCUT2D eigenvalue weighted by atomic mass is 9.71. The van der Waals surface area contributed by atoms with Crippen molar-refractivity contribution in [1.82, 2.24) is 5.32 Å². The van der Waals surface area contributed by atoms with Crippen LogP contribution in [-0.2, 0) is 14.4 Å². The maximum Gasteiger partial charge on any atom is 0.262 e. The molecule has 0 aromatic heterocycles. The Balaban J connectivity index is 1.45. The molecule has 0 saturated heterocycles. The summed E-state index contributed by atoms with van der Waals surface area (Å²) in [7, 11) is 0. The molecule has 180 valence electrons. The summed E-state index contributed by atoms with van der Waals surface area (Å²) in [6.07, 6.45) is 4.17. The molecule has 35 heavy (non-hydrogen) atoms. The van der Waals surface area contributed by atoms with E-state index < -0.39 is 5.92 Å². The first-order valence-corrected chi connectivity index (χ1v) is 12.3. The van der Waals surface area contributed by atoms with Gasteiger partial charge in [-0.1, -0.05) is 35.9 Å². The summed E-state index contributed by atoms with van der Waals surface area (Å²) in [4.78, 5) is 38.9. The van der Waals surface area contributed by atoms with Crippen LogP contribution < -0.4 is 15.4 Å². The summed E-state index contributed by atoms with van der Waals surface area (Å²) in [5.74, 6) is -0.0439. The molecule has 6 nitrogen and oxygen atoms in total. The van der Waals surface area contributed by atoms with E-state index in [9.17, 15) is 14.4 Å². The zero-order chi connectivity index (χ0) is 24.5. The van der Waals surface area contributed by atoms with Crippen molar-refractivity contribution in [2.45, 2.75) is 58.3 Å².